The molecule has 2 aromatic rings. The van der Waals surface area contributed by atoms with Gasteiger partial charge in [-0.15, -0.1) is 0 Å². The Morgan fingerprint density at radius 1 is 1.11 bits per heavy atom. The molecule has 182 valence electrons. The van der Waals surface area contributed by atoms with E-state index in [2.05, 4.69) is 5.32 Å². The van der Waals surface area contributed by atoms with Crippen molar-refractivity contribution in [2.75, 3.05) is 39.0 Å². The summed E-state index contributed by atoms with van der Waals surface area (Å²) in [6, 6.07) is 11.1. The minimum atomic E-state index is -0.788. The van der Waals surface area contributed by atoms with Gasteiger partial charge in [0, 0.05) is 18.3 Å². The molecule has 35 heavy (non-hydrogen) atoms. The molecule has 3 unspecified atom stereocenters. The van der Waals surface area contributed by atoms with Gasteiger partial charge in [0.15, 0.2) is 23.0 Å². The SMILES string of the molecule is COc1ccc(CCNC(=O)C2C3C=C[C@@]4(CN(c5ccc6c(c5)OCO6)C(=O)C24)O3)cc1OC. The number of benzene rings is 2. The first-order valence-electron chi connectivity index (χ1n) is 11.6. The summed E-state index contributed by atoms with van der Waals surface area (Å²) < 4.78 is 27.7. The number of hydrogen-bond donors (Lipinski definition) is 1. The van der Waals surface area contributed by atoms with Gasteiger partial charge in [-0.2, -0.15) is 0 Å². The van der Waals surface area contributed by atoms with E-state index in [1.165, 1.54) is 0 Å². The van der Waals surface area contributed by atoms with E-state index in [0.717, 1.165) is 5.56 Å². The standard InChI is InChI=1S/C26H26N2O7/c1-31-17-5-3-15(11-20(17)32-2)8-10-27-24(29)22-19-7-9-26(35-19)13-28(25(30)23(22)26)16-4-6-18-21(12-16)34-14-33-18/h3-7,9,11-12,19,22-23H,8,10,13-14H2,1-2H3,(H,27,29)/t19?,22?,23?,26-/m0/s1. The first-order valence-corrected chi connectivity index (χ1v) is 11.6. The Morgan fingerprint density at radius 3 is 2.77 bits per heavy atom. The third kappa shape index (κ3) is 3.41. The van der Waals surface area contributed by atoms with Crippen LogP contribution >= 0.6 is 0 Å². The van der Waals surface area contributed by atoms with E-state index in [1.54, 1.807) is 31.3 Å². The third-order valence-electron chi connectivity index (χ3n) is 7.23. The molecule has 4 aliphatic heterocycles. The maximum absolute atomic E-state index is 13.5. The highest BCUT2D eigenvalue weighted by molar-refractivity contribution is 6.03. The average molecular weight is 479 g/mol. The summed E-state index contributed by atoms with van der Waals surface area (Å²) >= 11 is 0. The van der Waals surface area contributed by atoms with E-state index in [4.69, 9.17) is 23.7 Å². The molecule has 2 saturated heterocycles. The number of methoxy groups -OCH3 is 2. The van der Waals surface area contributed by atoms with E-state index >= 15 is 0 Å². The average Bonchev–Trinajstić information content (AvgIpc) is 3.64. The Labute approximate surface area is 202 Å². The third-order valence-corrected chi connectivity index (χ3v) is 7.23. The molecule has 2 bridgehead atoms. The number of anilines is 1. The molecule has 2 aromatic carbocycles. The number of nitrogens with one attached hydrogen (secondary N) is 1. The van der Waals surface area contributed by atoms with Crippen molar-refractivity contribution in [3.8, 4) is 23.0 Å². The Bertz CT molecular complexity index is 1230. The highest BCUT2D eigenvalue weighted by Gasteiger charge is 2.67. The van der Waals surface area contributed by atoms with Crippen molar-refractivity contribution < 1.29 is 33.3 Å². The van der Waals surface area contributed by atoms with Gasteiger partial charge in [-0.3, -0.25) is 9.59 Å². The van der Waals surface area contributed by atoms with Crippen LogP contribution in [0.25, 0.3) is 0 Å². The van der Waals surface area contributed by atoms with Crippen LogP contribution in [-0.2, 0) is 20.7 Å². The first-order chi connectivity index (χ1) is 17.0. The fraction of sp³-hybridized carbons (Fsp3) is 0.385. The second-order valence-corrected chi connectivity index (χ2v) is 9.09. The summed E-state index contributed by atoms with van der Waals surface area (Å²) in [7, 11) is 3.18. The zero-order valence-corrected chi connectivity index (χ0v) is 19.5. The minimum Gasteiger partial charge on any atom is -0.493 e. The molecule has 6 rings (SSSR count). The summed E-state index contributed by atoms with van der Waals surface area (Å²) in [5.41, 5.74) is 0.925. The van der Waals surface area contributed by atoms with Crippen molar-refractivity contribution >= 4 is 17.5 Å². The second kappa shape index (κ2) is 8.20. The number of carbonyl (C=O) groups excluding carboxylic acids is 2. The first kappa shape index (κ1) is 21.8. The van der Waals surface area contributed by atoms with Crippen LogP contribution < -0.4 is 29.2 Å². The van der Waals surface area contributed by atoms with E-state index in [1.807, 2.05) is 36.4 Å². The number of rotatable bonds is 7. The number of carbonyl (C=O) groups is 2. The zero-order chi connectivity index (χ0) is 24.2. The van der Waals surface area contributed by atoms with Gasteiger partial charge in [-0.1, -0.05) is 18.2 Å². The van der Waals surface area contributed by atoms with Crippen molar-refractivity contribution in [2.45, 2.75) is 18.1 Å². The second-order valence-electron chi connectivity index (χ2n) is 9.09. The Hall–Kier alpha value is -3.72. The van der Waals surface area contributed by atoms with Crippen molar-refractivity contribution in [3.05, 3.63) is 54.1 Å². The maximum atomic E-state index is 13.5. The molecular weight excluding hydrogens is 452 g/mol. The predicted molar refractivity (Wildman–Crippen MR) is 125 cm³/mol. The van der Waals surface area contributed by atoms with Crippen LogP contribution in [0.2, 0.25) is 0 Å². The molecule has 4 aliphatic rings. The van der Waals surface area contributed by atoms with Gasteiger partial charge >= 0.3 is 0 Å². The zero-order valence-electron chi connectivity index (χ0n) is 19.5. The molecule has 1 spiro atoms. The number of ether oxygens (including phenoxy) is 5. The van der Waals surface area contributed by atoms with Crippen LogP contribution in [0.1, 0.15) is 5.56 Å². The van der Waals surface area contributed by atoms with E-state index in [9.17, 15) is 9.59 Å². The lowest BCUT2D eigenvalue weighted by Gasteiger charge is -2.23. The van der Waals surface area contributed by atoms with Gasteiger partial charge in [0.2, 0.25) is 18.6 Å². The Balaban J connectivity index is 1.15. The molecule has 9 nitrogen and oxygen atoms in total. The largest absolute Gasteiger partial charge is 0.493 e. The summed E-state index contributed by atoms with van der Waals surface area (Å²) in [4.78, 5) is 28.5. The van der Waals surface area contributed by atoms with E-state index < -0.39 is 23.5 Å². The van der Waals surface area contributed by atoms with Crippen LogP contribution in [-0.4, -0.2) is 57.6 Å². The highest BCUT2D eigenvalue weighted by Crippen LogP contribution is 2.53. The molecule has 0 aromatic heterocycles. The van der Waals surface area contributed by atoms with Crippen molar-refractivity contribution in [1.82, 2.24) is 5.32 Å². The van der Waals surface area contributed by atoms with Gasteiger partial charge in [-0.25, -0.2) is 0 Å². The molecule has 0 aliphatic carbocycles. The summed E-state index contributed by atoms with van der Waals surface area (Å²) in [5.74, 6) is 1.13. The summed E-state index contributed by atoms with van der Waals surface area (Å²) in [6.45, 7) is 0.956. The minimum absolute atomic E-state index is 0.115. The molecule has 9 heteroatoms. The quantitative estimate of drug-likeness (QED) is 0.609. The van der Waals surface area contributed by atoms with Gasteiger partial charge in [-0.05, 0) is 36.2 Å². The molecule has 2 amide bonds. The highest BCUT2D eigenvalue weighted by atomic mass is 16.7. The van der Waals surface area contributed by atoms with Gasteiger partial charge in [0.1, 0.15) is 5.60 Å². The monoisotopic (exact) mass is 478 g/mol. The van der Waals surface area contributed by atoms with E-state index in [0.29, 0.717) is 48.2 Å². The Kier molecular flexibility index (Phi) is 5.10. The number of nitrogens with zero attached hydrogens (tertiary/aromatic N) is 1. The molecule has 4 atom stereocenters. The van der Waals surface area contributed by atoms with E-state index in [-0.39, 0.29) is 18.6 Å². The number of amides is 2. The summed E-state index contributed by atoms with van der Waals surface area (Å²) in [6.07, 6.45) is 4.07. The normalized spacial score (nSPS) is 27.3. The molecule has 1 N–H and O–H groups in total. The maximum Gasteiger partial charge on any atom is 0.234 e. The molecule has 2 fully saturated rings. The van der Waals surface area contributed by atoms with Gasteiger partial charge in [0.05, 0.1) is 38.7 Å². The molecule has 0 saturated carbocycles. The molecular formula is C26H26N2O7. The lowest BCUT2D eigenvalue weighted by Crippen LogP contribution is -2.44. The van der Waals surface area contributed by atoms with Crippen LogP contribution in [0.15, 0.2) is 48.6 Å². The lowest BCUT2D eigenvalue weighted by atomic mass is 9.77. The molecule has 4 heterocycles. The summed E-state index contributed by atoms with van der Waals surface area (Å²) in [5, 5.41) is 3.01. The van der Waals surface area contributed by atoms with Crippen LogP contribution in [0.3, 0.4) is 0 Å². The molecule has 0 radical (unpaired) electrons. The van der Waals surface area contributed by atoms with Crippen LogP contribution in [0.4, 0.5) is 5.69 Å². The number of fused-ring (bicyclic) bond motifs is 2. The smallest absolute Gasteiger partial charge is 0.234 e. The van der Waals surface area contributed by atoms with Gasteiger partial charge in [0.25, 0.3) is 0 Å². The van der Waals surface area contributed by atoms with Crippen molar-refractivity contribution in [2.24, 2.45) is 11.8 Å². The fourth-order valence-electron chi connectivity index (χ4n) is 5.55. The topological polar surface area (TPSA) is 95.6 Å². The van der Waals surface area contributed by atoms with Crippen LogP contribution in [0.5, 0.6) is 23.0 Å². The number of hydrogen-bond acceptors (Lipinski definition) is 7. The van der Waals surface area contributed by atoms with Gasteiger partial charge < -0.3 is 33.9 Å². The Morgan fingerprint density at radius 2 is 1.94 bits per heavy atom. The fourth-order valence-corrected chi connectivity index (χ4v) is 5.55. The van der Waals surface area contributed by atoms with Crippen molar-refractivity contribution in [3.63, 3.8) is 0 Å². The predicted octanol–water partition coefficient (Wildman–Crippen LogP) is 2.08. The van der Waals surface area contributed by atoms with Crippen molar-refractivity contribution in [1.29, 1.82) is 0 Å². The lowest BCUT2D eigenvalue weighted by molar-refractivity contribution is -0.131. The van der Waals surface area contributed by atoms with Crippen LogP contribution in [0, 0.1) is 11.8 Å².